The van der Waals surface area contributed by atoms with E-state index >= 15 is 0 Å². The molecule has 0 saturated carbocycles. The molecule has 1 aromatic heterocycles. The van der Waals surface area contributed by atoms with Crippen molar-refractivity contribution in [3.63, 3.8) is 0 Å². The molecule has 1 aromatic carbocycles. The molecule has 4 nitrogen and oxygen atoms in total. The summed E-state index contributed by atoms with van der Waals surface area (Å²) in [7, 11) is 1.67. The molecule has 1 unspecified atom stereocenters. The molecule has 0 aliphatic carbocycles. The fourth-order valence-corrected chi connectivity index (χ4v) is 2.05. The van der Waals surface area contributed by atoms with Gasteiger partial charge in [-0.15, -0.1) is 16.7 Å². The molecule has 0 radical (unpaired) electrons. The molecule has 1 atom stereocenters. The van der Waals surface area contributed by atoms with Crippen molar-refractivity contribution in [2.24, 2.45) is 0 Å². The summed E-state index contributed by atoms with van der Waals surface area (Å²) in [6, 6.07) is 6.10. The van der Waals surface area contributed by atoms with E-state index in [1.54, 1.807) is 11.8 Å². The molecule has 2 aromatic rings. The van der Waals surface area contributed by atoms with Crippen LogP contribution in [0.15, 0.2) is 24.4 Å². The lowest BCUT2D eigenvalue weighted by molar-refractivity contribution is 0.407. The van der Waals surface area contributed by atoms with E-state index in [-0.39, 0.29) is 5.38 Å². The van der Waals surface area contributed by atoms with Gasteiger partial charge in [-0.3, -0.25) is 0 Å². The van der Waals surface area contributed by atoms with E-state index in [1.165, 1.54) is 5.56 Å². The van der Waals surface area contributed by atoms with Crippen LogP contribution in [0.5, 0.6) is 5.75 Å². The van der Waals surface area contributed by atoms with Crippen LogP contribution in [0.3, 0.4) is 0 Å². The summed E-state index contributed by atoms with van der Waals surface area (Å²) in [5, 5.41) is 8.14. The standard InChI is InChI=1S/C14H18ClN3O/c1-4-12(15)13-9-18(17-16-13)8-11-7-10(2)5-6-14(11)19-3/h5-7,9,12H,4,8H2,1-3H3. The number of alkyl halides is 1. The van der Waals surface area contributed by atoms with Crippen LogP contribution in [-0.2, 0) is 6.54 Å². The minimum atomic E-state index is -0.0758. The van der Waals surface area contributed by atoms with Crippen LogP contribution in [0.4, 0.5) is 0 Å². The molecule has 5 heteroatoms. The summed E-state index contributed by atoms with van der Waals surface area (Å²) in [6.45, 7) is 4.72. The summed E-state index contributed by atoms with van der Waals surface area (Å²) in [6.07, 6.45) is 2.73. The Morgan fingerprint density at radius 3 is 2.89 bits per heavy atom. The summed E-state index contributed by atoms with van der Waals surface area (Å²) < 4.78 is 7.15. The lowest BCUT2D eigenvalue weighted by Crippen LogP contribution is -2.03. The zero-order chi connectivity index (χ0) is 13.8. The molecule has 0 N–H and O–H groups in total. The lowest BCUT2D eigenvalue weighted by Gasteiger charge is -2.09. The van der Waals surface area contributed by atoms with Crippen molar-refractivity contribution in [1.29, 1.82) is 0 Å². The largest absolute Gasteiger partial charge is 0.496 e. The van der Waals surface area contributed by atoms with Crippen molar-refractivity contribution in [3.05, 3.63) is 41.2 Å². The zero-order valence-corrected chi connectivity index (χ0v) is 12.2. The number of hydrogen-bond acceptors (Lipinski definition) is 3. The first-order chi connectivity index (χ1) is 9.13. The lowest BCUT2D eigenvalue weighted by atomic mass is 10.1. The third-order valence-electron chi connectivity index (χ3n) is 3.00. The van der Waals surface area contributed by atoms with Crippen LogP contribution in [0, 0.1) is 6.92 Å². The number of hydrogen-bond donors (Lipinski definition) is 0. The van der Waals surface area contributed by atoms with E-state index in [0.717, 1.165) is 23.4 Å². The Kier molecular flexibility index (Phi) is 4.43. The normalized spacial score (nSPS) is 12.4. The molecule has 0 fully saturated rings. The predicted octanol–water partition coefficient (Wildman–Crippen LogP) is 3.33. The summed E-state index contributed by atoms with van der Waals surface area (Å²) in [4.78, 5) is 0. The monoisotopic (exact) mass is 279 g/mol. The molecule has 0 saturated heterocycles. The van der Waals surface area contributed by atoms with E-state index < -0.39 is 0 Å². The second-order valence-corrected chi connectivity index (χ2v) is 5.06. The van der Waals surface area contributed by atoms with E-state index in [4.69, 9.17) is 16.3 Å². The summed E-state index contributed by atoms with van der Waals surface area (Å²) in [5.74, 6) is 0.862. The number of aryl methyl sites for hydroxylation is 1. The van der Waals surface area contributed by atoms with E-state index in [2.05, 4.69) is 23.3 Å². The first kappa shape index (κ1) is 13.9. The number of ether oxygens (including phenoxy) is 1. The molecule has 0 aliphatic heterocycles. The molecule has 0 bridgehead atoms. The molecule has 0 amide bonds. The highest BCUT2D eigenvalue weighted by Crippen LogP contribution is 2.23. The Morgan fingerprint density at radius 2 is 2.21 bits per heavy atom. The van der Waals surface area contributed by atoms with Crippen LogP contribution in [-0.4, -0.2) is 22.1 Å². The second-order valence-electron chi connectivity index (χ2n) is 4.53. The summed E-state index contributed by atoms with van der Waals surface area (Å²) in [5.41, 5.74) is 3.09. The highest BCUT2D eigenvalue weighted by molar-refractivity contribution is 6.20. The Balaban J connectivity index is 2.21. The number of methoxy groups -OCH3 is 1. The number of halogens is 1. The van der Waals surface area contributed by atoms with Gasteiger partial charge in [0.2, 0.25) is 0 Å². The van der Waals surface area contributed by atoms with Gasteiger partial charge < -0.3 is 4.74 Å². The van der Waals surface area contributed by atoms with E-state index in [1.807, 2.05) is 25.3 Å². The van der Waals surface area contributed by atoms with Gasteiger partial charge in [-0.1, -0.05) is 29.8 Å². The SMILES string of the molecule is CCC(Cl)c1cn(Cc2cc(C)ccc2OC)nn1. The molecular weight excluding hydrogens is 262 g/mol. The van der Waals surface area contributed by atoms with Crippen molar-refractivity contribution < 1.29 is 4.74 Å². The maximum atomic E-state index is 6.15. The molecule has 0 spiro atoms. The van der Waals surface area contributed by atoms with Gasteiger partial charge in [0.1, 0.15) is 11.4 Å². The average Bonchev–Trinajstić information content (AvgIpc) is 2.86. The van der Waals surface area contributed by atoms with Crippen LogP contribution in [0.25, 0.3) is 0 Å². The minimum Gasteiger partial charge on any atom is -0.496 e. The Hall–Kier alpha value is -1.55. The topological polar surface area (TPSA) is 39.9 Å². The Bertz CT molecular complexity index is 553. The predicted molar refractivity (Wildman–Crippen MR) is 75.7 cm³/mol. The van der Waals surface area contributed by atoms with Gasteiger partial charge in [0.15, 0.2) is 0 Å². The quantitative estimate of drug-likeness (QED) is 0.788. The zero-order valence-electron chi connectivity index (χ0n) is 11.4. The van der Waals surface area contributed by atoms with Crippen molar-refractivity contribution in [3.8, 4) is 5.75 Å². The Labute approximate surface area is 118 Å². The molecule has 2 rings (SSSR count). The molecular formula is C14H18ClN3O. The number of rotatable bonds is 5. The second kappa shape index (κ2) is 6.06. The number of nitrogens with zero attached hydrogens (tertiary/aromatic N) is 3. The van der Waals surface area contributed by atoms with Gasteiger partial charge >= 0.3 is 0 Å². The van der Waals surface area contributed by atoms with Crippen LogP contribution < -0.4 is 4.74 Å². The van der Waals surface area contributed by atoms with Gasteiger partial charge in [-0.25, -0.2) is 4.68 Å². The molecule has 102 valence electrons. The van der Waals surface area contributed by atoms with Crippen molar-refractivity contribution in [2.75, 3.05) is 7.11 Å². The van der Waals surface area contributed by atoms with Crippen LogP contribution in [0.2, 0.25) is 0 Å². The van der Waals surface area contributed by atoms with Gasteiger partial charge in [0, 0.05) is 5.56 Å². The minimum absolute atomic E-state index is 0.0758. The summed E-state index contributed by atoms with van der Waals surface area (Å²) >= 11 is 6.15. The van der Waals surface area contributed by atoms with Gasteiger partial charge in [-0.2, -0.15) is 0 Å². The fraction of sp³-hybridized carbons (Fsp3) is 0.429. The highest BCUT2D eigenvalue weighted by Gasteiger charge is 2.11. The average molecular weight is 280 g/mol. The van der Waals surface area contributed by atoms with Crippen LogP contribution >= 0.6 is 11.6 Å². The van der Waals surface area contributed by atoms with E-state index in [9.17, 15) is 0 Å². The van der Waals surface area contributed by atoms with Crippen molar-refractivity contribution >= 4 is 11.6 Å². The van der Waals surface area contributed by atoms with Crippen molar-refractivity contribution in [1.82, 2.24) is 15.0 Å². The maximum Gasteiger partial charge on any atom is 0.123 e. The first-order valence-corrected chi connectivity index (χ1v) is 6.75. The number of aromatic nitrogens is 3. The smallest absolute Gasteiger partial charge is 0.123 e. The first-order valence-electron chi connectivity index (χ1n) is 6.31. The highest BCUT2D eigenvalue weighted by atomic mass is 35.5. The van der Waals surface area contributed by atoms with Gasteiger partial charge in [0.05, 0.1) is 25.2 Å². The Morgan fingerprint density at radius 1 is 1.42 bits per heavy atom. The molecule has 19 heavy (non-hydrogen) atoms. The van der Waals surface area contributed by atoms with Gasteiger partial charge in [0.25, 0.3) is 0 Å². The third kappa shape index (κ3) is 3.26. The fourth-order valence-electron chi connectivity index (χ4n) is 1.95. The van der Waals surface area contributed by atoms with Crippen molar-refractivity contribution in [2.45, 2.75) is 32.2 Å². The van der Waals surface area contributed by atoms with Gasteiger partial charge in [-0.05, 0) is 19.4 Å². The third-order valence-corrected chi connectivity index (χ3v) is 3.54. The molecule has 0 aliphatic rings. The number of benzene rings is 1. The maximum absolute atomic E-state index is 6.15. The molecule has 1 heterocycles. The van der Waals surface area contributed by atoms with E-state index in [0.29, 0.717) is 6.54 Å². The van der Waals surface area contributed by atoms with Crippen LogP contribution in [0.1, 0.15) is 35.5 Å².